The number of nitrogens with zero attached hydrogens (tertiary/aromatic N) is 3. The molecule has 0 unspecified atom stereocenters. The van der Waals surface area contributed by atoms with Crippen molar-refractivity contribution in [3.63, 3.8) is 0 Å². The smallest absolute Gasteiger partial charge is 0.229 e. The summed E-state index contributed by atoms with van der Waals surface area (Å²) in [5.41, 5.74) is 2.79. The monoisotopic (exact) mass is 402 g/mol. The number of aromatic amines is 1. The first-order chi connectivity index (χ1) is 14.7. The zero-order chi connectivity index (χ0) is 20.5. The minimum Gasteiger partial charge on any atom is -0.493 e. The van der Waals surface area contributed by atoms with E-state index in [0.29, 0.717) is 29.2 Å². The van der Waals surface area contributed by atoms with E-state index >= 15 is 0 Å². The number of ether oxygens (including phenoxy) is 2. The van der Waals surface area contributed by atoms with Gasteiger partial charge >= 0.3 is 0 Å². The second-order valence-corrected chi connectivity index (χ2v) is 7.22. The molecule has 4 aromatic rings. The molecule has 0 atom stereocenters. The van der Waals surface area contributed by atoms with Crippen molar-refractivity contribution in [2.45, 2.75) is 18.8 Å². The standard InChI is InChI=1S/C22H22N6O2/c1-29-18-10-9-14(11-19(18)30-2)23-22-24-16-6-4-3-5-15(16)21(26-22)25-20-12-17(27-28-20)13-7-8-13/h3-6,9-13H,7-8H2,1-2H3,(H3,23,24,25,26,27,28). The molecule has 8 nitrogen and oxygen atoms in total. The van der Waals surface area contributed by atoms with Crippen LogP contribution in [0.3, 0.4) is 0 Å². The number of rotatable bonds is 7. The van der Waals surface area contributed by atoms with Gasteiger partial charge < -0.3 is 20.1 Å². The molecule has 1 aliphatic carbocycles. The highest BCUT2D eigenvalue weighted by Crippen LogP contribution is 2.40. The predicted molar refractivity (Wildman–Crippen MR) is 116 cm³/mol. The molecule has 0 bridgehead atoms. The Hall–Kier alpha value is -3.81. The summed E-state index contributed by atoms with van der Waals surface area (Å²) in [7, 11) is 3.22. The summed E-state index contributed by atoms with van der Waals surface area (Å²) in [6, 6.07) is 15.5. The number of aromatic nitrogens is 4. The lowest BCUT2D eigenvalue weighted by atomic mass is 10.2. The molecule has 0 spiro atoms. The minimum atomic E-state index is 0.473. The molecule has 0 aliphatic heterocycles. The maximum absolute atomic E-state index is 5.38. The van der Waals surface area contributed by atoms with Crippen LogP contribution in [0.25, 0.3) is 10.9 Å². The summed E-state index contributed by atoms with van der Waals surface area (Å²) in [6.45, 7) is 0. The number of anilines is 4. The van der Waals surface area contributed by atoms with Gasteiger partial charge in [-0.2, -0.15) is 10.1 Å². The molecule has 1 aliphatic rings. The topological polar surface area (TPSA) is 97.0 Å². The molecule has 8 heteroatoms. The predicted octanol–water partition coefficient (Wildman–Crippen LogP) is 4.73. The van der Waals surface area contributed by atoms with Gasteiger partial charge in [0, 0.05) is 34.8 Å². The van der Waals surface area contributed by atoms with Crippen LogP contribution in [0.1, 0.15) is 24.5 Å². The number of nitrogens with one attached hydrogen (secondary N) is 3. The summed E-state index contributed by atoms with van der Waals surface area (Å²) in [5, 5.41) is 15.0. The Kier molecular flexibility index (Phi) is 4.59. The number of benzene rings is 2. The number of para-hydroxylation sites is 1. The van der Waals surface area contributed by atoms with Crippen molar-refractivity contribution in [2.75, 3.05) is 24.9 Å². The van der Waals surface area contributed by atoms with Gasteiger partial charge in [-0.3, -0.25) is 5.10 Å². The molecule has 152 valence electrons. The molecule has 1 saturated carbocycles. The van der Waals surface area contributed by atoms with E-state index in [1.165, 1.54) is 18.5 Å². The van der Waals surface area contributed by atoms with Crippen molar-refractivity contribution < 1.29 is 9.47 Å². The maximum Gasteiger partial charge on any atom is 0.229 e. The van der Waals surface area contributed by atoms with Crippen LogP contribution in [-0.4, -0.2) is 34.4 Å². The Morgan fingerprint density at radius 3 is 2.57 bits per heavy atom. The molecule has 2 aromatic heterocycles. The summed E-state index contributed by atoms with van der Waals surface area (Å²) in [4.78, 5) is 9.35. The van der Waals surface area contributed by atoms with E-state index in [9.17, 15) is 0 Å². The third kappa shape index (κ3) is 3.59. The van der Waals surface area contributed by atoms with E-state index in [1.807, 2.05) is 42.5 Å². The normalized spacial score (nSPS) is 13.3. The zero-order valence-corrected chi connectivity index (χ0v) is 16.8. The largest absolute Gasteiger partial charge is 0.493 e. The third-order valence-electron chi connectivity index (χ3n) is 5.10. The average molecular weight is 402 g/mol. The Morgan fingerprint density at radius 1 is 0.933 bits per heavy atom. The highest BCUT2D eigenvalue weighted by Gasteiger charge is 2.25. The summed E-state index contributed by atoms with van der Waals surface area (Å²) >= 11 is 0. The number of fused-ring (bicyclic) bond motifs is 1. The van der Waals surface area contributed by atoms with Gasteiger partial charge in [0.1, 0.15) is 5.82 Å². The van der Waals surface area contributed by atoms with Crippen LogP contribution < -0.4 is 20.1 Å². The first-order valence-electron chi connectivity index (χ1n) is 9.81. The van der Waals surface area contributed by atoms with Gasteiger partial charge in [-0.1, -0.05) is 12.1 Å². The minimum absolute atomic E-state index is 0.473. The number of methoxy groups -OCH3 is 2. The summed E-state index contributed by atoms with van der Waals surface area (Å²) < 4.78 is 10.7. The lowest BCUT2D eigenvalue weighted by molar-refractivity contribution is 0.355. The van der Waals surface area contributed by atoms with E-state index in [-0.39, 0.29) is 0 Å². The molecule has 1 fully saturated rings. The zero-order valence-electron chi connectivity index (χ0n) is 16.8. The molecule has 0 amide bonds. The molecular weight excluding hydrogens is 380 g/mol. The van der Waals surface area contributed by atoms with Gasteiger partial charge in [0.2, 0.25) is 5.95 Å². The van der Waals surface area contributed by atoms with E-state index in [1.54, 1.807) is 14.2 Å². The van der Waals surface area contributed by atoms with Crippen LogP contribution in [0.15, 0.2) is 48.5 Å². The van der Waals surface area contributed by atoms with Crippen LogP contribution in [-0.2, 0) is 0 Å². The fraction of sp³-hybridized carbons (Fsp3) is 0.227. The SMILES string of the molecule is COc1ccc(Nc2nc(Nc3cc(C4CC4)[nH]n3)c3ccccc3n2)cc1OC. The molecule has 2 heterocycles. The maximum atomic E-state index is 5.38. The van der Waals surface area contributed by atoms with Crippen LogP contribution in [0, 0.1) is 0 Å². The highest BCUT2D eigenvalue weighted by molar-refractivity contribution is 5.91. The molecular formula is C22H22N6O2. The van der Waals surface area contributed by atoms with Crippen molar-refractivity contribution in [2.24, 2.45) is 0 Å². The van der Waals surface area contributed by atoms with Crippen LogP contribution >= 0.6 is 0 Å². The van der Waals surface area contributed by atoms with Gasteiger partial charge in [0.15, 0.2) is 17.3 Å². The molecule has 0 saturated heterocycles. The first kappa shape index (κ1) is 18.2. The number of hydrogen-bond donors (Lipinski definition) is 3. The Balaban J connectivity index is 1.48. The van der Waals surface area contributed by atoms with Crippen molar-refractivity contribution in [3.8, 4) is 11.5 Å². The Morgan fingerprint density at radius 2 is 1.77 bits per heavy atom. The molecule has 30 heavy (non-hydrogen) atoms. The molecule has 3 N–H and O–H groups in total. The average Bonchev–Trinajstić information content (AvgIpc) is 3.52. The van der Waals surface area contributed by atoms with Crippen LogP contribution in [0.5, 0.6) is 11.5 Å². The van der Waals surface area contributed by atoms with E-state index < -0.39 is 0 Å². The van der Waals surface area contributed by atoms with Crippen LogP contribution in [0.2, 0.25) is 0 Å². The molecule has 2 aromatic carbocycles. The Labute approximate surface area is 173 Å². The lowest BCUT2D eigenvalue weighted by Crippen LogP contribution is -2.03. The second kappa shape index (κ2) is 7.55. The van der Waals surface area contributed by atoms with Crippen molar-refractivity contribution in [3.05, 3.63) is 54.2 Å². The summed E-state index contributed by atoms with van der Waals surface area (Å²) in [6.07, 6.45) is 2.44. The summed E-state index contributed by atoms with van der Waals surface area (Å²) in [5.74, 6) is 3.81. The fourth-order valence-corrected chi connectivity index (χ4v) is 3.40. The van der Waals surface area contributed by atoms with Crippen LogP contribution in [0.4, 0.5) is 23.3 Å². The van der Waals surface area contributed by atoms with Crippen molar-refractivity contribution in [1.82, 2.24) is 20.2 Å². The second-order valence-electron chi connectivity index (χ2n) is 7.22. The molecule has 5 rings (SSSR count). The third-order valence-corrected chi connectivity index (χ3v) is 5.10. The fourth-order valence-electron chi connectivity index (χ4n) is 3.40. The van der Waals surface area contributed by atoms with Gasteiger partial charge in [-0.25, -0.2) is 4.98 Å². The van der Waals surface area contributed by atoms with E-state index in [0.717, 1.165) is 22.4 Å². The van der Waals surface area contributed by atoms with E-state index in [2.05, 4.69) is 31.9 Å². The lowest BCUT2D eigenvalue weighted by Gasteiger charge is -2.12. The van der Waals surface area contributed by atoms with Gasteiger partial charge in [0.25, 0.3) is 0 Å². The highest BCUT2D eigenvalue weighted by atomic mass is 16.5. The van der Waals surface area contributed by atoms with Crippen molar-refractivity contribution in [1.29, 1.82) is 0 Å². The first-order valence-corrected chi connectivity index (χ1v) is 9.81. The quantitative estimate of drug-likeness (QED) is 0.411. The van der Waals surface area contributed by atoms with Gasteiger partial charge in [-0.05, 0) is 37.1 Å². The molecule has 0 radical (unpaired) electrons. The Bertz CT molecular complexity index is 1200. The number of hydrogen-bond acceptors (Lipinski definition) is 7. The van der Waals surface area contributed by atoms with Gasteiger partial charge in [-0.15, -0.1) is 0 Å². The van der Waals surface area contributed by atoms with E-state index in [4.69, 9.17) is 14.5 Å². The van der Waals surface area contributed by atoms with Gasteiger partial charge in [0.05, 0.1) is 19.7 Å². The number of H-pyrrole nitrogens is 1. The van der Waals surface area contributed by atoms with Crippen molar-refractivity contribution >= 4 is 34.2 Å².